The second kappa shape index (κ2) is 6.41. The van der Waals surface area contributed by atoms with Crippen LogP contribution >= 0.6 is 11.6 Å². The van der Waals surface area contributed by atoms with Gasteiger partial charge in [0.15, 0.2) is 0 Å². The molecule has 0 atom stereocenters. The molecule has 1 aromatic heterocycles. The van der Waals surface area contributed by atoms with Crippen molar-refractivity contribution in [3.8, 4) is 0 Å². The Morgan fingerprint density at radius 2 is 1.82 bits per heavy atom. The van der Waals surface area contributed by atoms with Crippen LogP contribution in [0.2, 0.25) is 5.02 Å². The van der Waals surface area contributed by atoms with Gasteiger partial charge >= 0.3 is 0 Å². The largest absolute Gasteiger partial charge is 0.360 e. The molecule has 0 saturated carbocycles. The summed E-state index contributed by atoms with van der Waals surface area (Å²) in [5.74, 6) is 0.474. The smallest absolute Gasteiger partial charge is 0.243 e. The highest BCUT2D eigenvalue weighted by atomic mass is 35.5. The number of benzene rings is 2. The van der Waals surface area contributed by atoms with Gasteiger partial charge in [-0.3, -0.25) is 4.79 Å². The quantitative estimate of drug-likeness (QED) is 0.775. The molecular weight excluding hydrogens is 300 g/mol. The third-order valence-electron chi connectivity index (χ3n) is 3.09. The molecule has 0 saturated heterocycles. The topological polar surface area (TPSA) is 66.9 Å². The molecule has 0 unspecified atom stereocenters. The van der Waals surface area contributed by atoms with Crippen molar-refractivity contribution < 1.29 is 4.79 Å². The van der Waals surface area contributed by atoms with Crippen molar-refractivity contribution >= 4 is 39.9 Å². The third kappa shape index (κ3) is 3.32. The summed E-state index contributed by atoms with van der Waals surface area (Å²) in [7, 11) is 0. The van der Waals surface area contributed by atoms with E-state index < -0.39 is 0 Å². The lowest BCUT2D eigenvalue weighted by Crippen LogP contribution is -2.22. The number of fused-ring (bicyclic) bond motifs is 1. The van der Waals surface area contributed by atoms with Crippen LogP contribution in [-0.2, 0) is 4.79 Å². The van der Waals surface area contributed by atoms with Gasteiger partial charge in [0.2, 0.25) is 5.91 Å². The second-order valence-electron chi connectivity index (χ2n) is 4.65. The summed E-state index contributed by atoms with van der Waals surface area (Å²) in [5.41, 5.74) is 1.53. The Hall–Kier alpha value is -2.66. The molecule has 0 aliphatic rings. The standard InChI is InChI=1S/C16H13ClN4O/c17-11-5-7-12(8-6-11)21-15(22)9-18-16-13-3-1-2-4-14(13)19-10-20-16/h1-8,10H,9H2,(H,21,22)(H,18,19,20). The Morgan fingerprint density at radius 3 is 2.64 bits per heavy atom. The maximum atomic E-state index is 12.0. The van der Waals surface area contributed by atoms with Crippen molar-refractivity contribution in [2.75, 3.05) is 17.2 Å². The predicted molar refractivity (Wildman–Crippen MR) is 88.1 cm³/mol. The molecular formula is C16H13ClN4O. The minimum atomic E-state index is -0.162. The van der Waals surface area contributed by atoms with Crippen LogP contribution in [0, 0.1) is 0 Å². The van der Waals surface area contributed by atoms with Crippen LogP contribution in [-0.4, -0.2) is 22.4 Å². The van der Waals surface area contributed by atoms with Gasteiger partial charge in [0.05, 0.1) is 12.1 Å². The van der Waals surface area contributed by atoms with Crippen molar-refractivity contribution in [2.45, 2.75) is 0 Å². The first-order valence-electron chi connectivity index (χ1n) is 6.71. The van der Waals surface area contributed by atoms with Crippen LogP contribution in [0.1, 0.15) is 0 Å². The van der Waals surface area contributed by atoms with Crippen LogP contribution in [0.15, 0.2) is 54.9 Å². The Bertz CT molecular complexity index is 799. The lowest BCUT2D eigenvalue weighted by molar-refractivity contribution is -0.114. The van der Waals surface area contributed by atoms with Crippen LogP contribution in [0.3, 0.4) is 0 Å². The molecule has 1 amide bonds. The number of anilines is 2. The van der Waals surface area contributed by atoms with E-state index in [0.717, 1.165) is 10.9 Å². The van der Waals surface area contributed by atoms with Crippen molar-refractivity contribution in [3.63, 3.8) is 0 Å². The summed E-state index contributed by atoms with van der Waals surface area (Å²) >= 11 is 5.81. The van der Waals surface area contributed by atoms with E-state index in [2.05, 4.69) is 20.6 Å². The molecule has 0 spiro atoms. The van der Waals surface area contributed by atoms with Crippen LogP contribution in [0.5, 0.6) is 0 Å². The van der Waals surface area contributed by atoms with Crippen molar-refractivity contribution in [3.05, 3.63) is 59.9 Å². The highest BCUT2D eigenvalue weighted by molar-refractivity contribution is 6.30. The average molecular weight is 313 g/mol. The number of amides is 1. The maximum absolute atomic E-state index is 12.0. The minimum absolute atomic E-state index is 0.115. The summed E-state index contributed by atoms with van der Waals surface area (Å²) in [4.78, 5) is 20.3. The molecule has 2 N–H and O–H groups in total. The average Bonchev–Trinajstić information content (AvgIpc) is 2.55. The van der Waals surface area contributed by atoms with Crippen LogP contribution in [0.4, 0.5) is 11.5 Å². The molecule has 0 aliphatic carbocycles. The number of para-hydroxylation sites is 1. The van der Waals surface area contributed by atoms with E-state index >= 15 is 0 Å². The van der Waals surface area contributed by atoms with E-state index in [-0.39, 0.29) is 12.5 Å². The number of hydrogen-bond donors (Lipinski definition) is 2. The number of rotatable bonds is 4. The van der Waals surface area contributed by atoms with Crippen molar-refractivity contribution in [2.24, 2.45) is 0 Å². The lowest BCUT2D eigenvalue weighted by Gasteiger charge is -2.09. The summed E-state index contributed by atoms with van der Waals surface area (Å²) in [6.07, 6.45) is 1.47. The van der Waals surface area contributed by atoms with Crippen molar-refractivity contribution in [1.29, 1.82) is 0 Å². The number of nitrogens with one attached hydrogen (secondary N) is 2. The Labute approximate surface area is 132 Å². The number of halogens is 1. The molecule has 1 heterocycles. The summed E-state index contributed by atoms with van der Waals surface area (Å²) < 4.78 is 0. The predicted octanol–water partition coefficient (Wildman–Crippen LogP) is 3.33. The van der Waals surface area contributed by atoms with Gasteiger partial charge in [-0.2, -0.15) is 0 Å². The van der Waals surface area contributed by atoms with Gasteiger partial charge in [0, 0.05) is 16.1 Å². The molecule has 110 valence electrons. The highest BCUT2D eigenvalue weighted by Gasteiger charge is 2.06. The first-order valence-corrected chi connectivity index (χ1v) is 7.09. The van der Waals surface area contributed by atoms with Crippen LogP contribution < -0.4 is 10.6 Å². The lowest BCUT2D eigenvalue weighted by atomic mass is 10.2. The normalized spacial score (nSPS) is 10.4. The van der Waals surface area contributed by atoms with Gasteiger partial charge in [-0.1, -0.05) is 23.7 Å². The van der Waals surface area contributed by atoms with Gasteiger partial charge in [-0.05, 0) is 36.4 Å². The molecule has 6 heteroatoms. The molecule has 2 aromatic carbocycles. The van der Waals surface area contributed by atoms with E-state index in [1.54, 1.807) is 24.3 Å². The van der Waals surface area contributed by atoms with Gasteiger partial charge in [0.1, 0.15) is 12.1 Å². The number of hydrogen-bond acceptors (Lipinski definition) is 4. The fourth-order valence-electron chi connectivity index (χ4n) is 2.05. The molecule has 0 fully saturated rings. The minimum Gasteiger partial charge on any atom is -0.360 e. The third-order valence-corrected chi connectivity index (χ3v) is 3.34. The van der Waals surface area contributed by atoms with Gasteiger partial charge in [-0.25, -0.2) is 9.97 Å². The summed E-state index contributed by atoms with van der Waals surface area (Å²) in [6, 6.07) is 14.6. The van der Waals surface area contributed by atoms with E-state index in [1.807, 2.05) is 24.3 Å². The van der Waals surface area contributed by atoms with Gasteiger partial charge in [0.25, 0.3) is 0 Å². The zero-order valence-corrected chi connectivity index (χ0v) is 12.3. The Kier molecular flexibility index (Phi) is 4.16. The summed E-state index contributed by atoms with van der Waals surface area (Å²) in [5, 5.41) is 7.32. The Morgan fingerprint density at radius 1 is 1.05 bits per heavy atom. The Balaban J connectivity index is 1.66. The zero-order valence-electron chi connectivity index (χ0n) is 11.6. The fourth-order valence-corrected chi connectivity index (χ4v) is 2.17. The second-order valence-corrected chi connectivity index (χ2v) is 5.08. The molecule has 3 rings (SSSR count). The fraction of sp³-hybridized carbons (Fsp3) is 0.0625. The van der Waals surface area contributed by atoms with Crippen LogP contribution in [0.25, 0.3) is 10.9 Å². The number of carbonyl (C=O) groups is 1. The van der Waals surface area contributed by atoms with E-state index in [1.165, 1.54) is 6.33 Å². The molecule has 5 nitrogen and oxygen atoms in total. The zero-order chi connectivity index (χ0) is 15.4. The molecule has 0 bridgehead atoms. The number of nitrogens with zero attached hydrogens (tertiary/aromatic N) is 2. The molecule has 0 aliphatic heterocycles. The van der Waals surface area contributed by atoms with Gasteiger partial charge < -0.3 is 10.6 Å². The van der Waals surface area contributed by atoms with E-state index in [4.69, 9.17) is 11.6 Å². The van der Waals surface area contributed by atoms with E-state index in [9.17, 15) is 4.79 Å². The van der Waals surface area contributed by atoms with Crippen molar-refractivity contribution in [1.82, 2.24) is 9.97 Å². The first-order chi connectivity index (χ1) is 10.7. The SMILES string of the molecule is O=C(CNc1ncnc2ccccc12)Nc1ccc(Cl)cc1. The number of aromatic nitrogens is 2. The molecule has 3 aromatic rings. The number of carbonyl (C=O) groups excluding carboxylic acids is 1. The monoisotopic (exact) mass is 312 g/mol. The summed E-state index contributed by atoms with van der Waals surface area (Å²) in [6.45, 7) is 0.115. The maximum Gasteiger partial charge on any atom is 0.243 e. The van der Waals surface area contributed by atoms with Gasteiger partial charge in [-0.15, -0.1) is 0 Å². The van der Waals surface area contributed by atoms with E-state index in [0.29, 0.717) is 16.5 Å². The molecule has 22 heavy (non-hydrogen) atoms. The highest BCUT2D eigenvalue weighted by Crippen LogP contribution is 2.18. The first kappa shape index (κ1) is 14.3. The molecule has 0 radical (unpaired) electrons.